The lowest BCUT2D eigenvalue weighted by molar-refractivity contribution is -0.116. The number of rotatable bonds is 12. The number of imidazole rings is 1. The predicted octanol–water partition coefficient (Wildman–Crippen LogP) is 3.72. The Hall–Kier alpha value is -3.49. The van der Waals surface area contributed by atoms with E-state index in [1.165, 1.54) is 0 Å². The number of nitrogens with zero attached hydrogens (tertiary/aromatic N) is 2. The molecular weight excluding hydrogens is 408 g/mol. The van der Waals surface area contributed by atoms with Crippen LogP contribution < -0.4 is 10.6 Å². The van der Waals surface area contributed by atoms with Crippen molar-refractivity contribution >= 4 is 23.2 Å². The summed E-state index contributed by atoms with van der Waals surface area (Å²) in [7, 11) is 0. The number of aryl methyl sites for hydroxylation is 1. The van der Waals surface area contributed by atoms with E-state index in [9.17, 15) is 9.59 Å². The molecule has 0 aliphatic rings. The molecule has 0 saturated carbocycles. The summed E-state index contributed by atoms with van der Waals surface area (Å²) in [5.74, 6) is -0.387. The quantitative estimate of drug-likeness (QED) is 0.422. The molecule has 32 heavy (non-hydrogen) atoms. The summed E-state index contributed by atoms with van der Waals surface area (Å²) in [4.78, 5) is 28.8. The highest BCUT2D eigenvalue weighted by Crippen LogP contribution is 2.16. The minimum atomic E-state index is -0.256. The van der Waals surface area contributed by atoms with Gasteiger partial charge in [-0.1, -0.05) is 18.2 Å². The molecule has 0 radical (unpaired) electrons. The molecule has 3 aromatic rings. The first kappa shape index (κ1) is 23.2. The maximum absolute atomic E-state index is 12.7. The van der Waals surface area contributed by atoms with Gasteiger partial charge in [0, 0.05) is 48.9 Å². The number of aromatic nitrogens is 2. The largest absolute Gasteiger partial charge is 0.379 e. The van der Waals surface area contributed by atoms with Crippen molar-refractivity contribution in [3.63, 3.8) is 0 Å². The Bertz CT molecular complexity index is 1000. The maximum Gasteiger partial charge on any atom is 0.255 e. The monoisotopic (exact) mass is 436 g/mol. The summed E-state index contributed by atoms with van der Waals surface area (Å²) in [6.07, 6.45) is 5.46. The fourth-order valence-electron chi connectivity index (χ4n) is 3.01. The second-order valence-electron chi connectivity index (χ2n) is 7.08. The van der Waals surface area contributed by atoms with E-state index in [0.717, 1.165) is 5.56 Å². The fraction of sp³-hybridized carbons (Fsp3) is 0.292. The first-order valence-corrected chi connectivity index (χ1v) is 10.6. The van der Waals surface area contributed by atoms with Crippen LogP contribution in [-0.2, 0) is 27.4 Å². The zero-order valence-electron chi connectivity index (χ0n) is 18.1. The van der Waals surface area contributed by atoms with Crippen LogP contribution in [0.15, 0.2) is 67.3 Å². The van der Waals surface area contributed by atoms with Crippen molar-refractivity contribution in [2.45, 2.75) is 26.5 Å². The summed E-state index contributed by atoms with van der Waals surface area (Å²) in [6, 6.07) is 14.4. The minimum Gasteiger partial charge on any atom is -0.379 e. The van der Waals surface area contributed by atoms with Crippen LogP contribution in [-0.4, -0.2) is 41.2 Å². The van der Waals surface area contributed by atoms with E-state index < -0.39 is 0 Å². The fourth-order valence-corrected chi connectivity index (χ4v) is 3.01. The topological polar surface area (TPSA) is 94.5 Å². The number of amides is 2. The second kappa shape index (κ2) is 12.4. The van der Waals surface area contributed by atoms with E-state index in [1.807, 2.05) is 35.8 Å². The summed E-state index contributed by atoms with van der Waals surface area (Å²) in [5.41, 5.74) is 2.66. The number of anilines is 2. The molecule has 0 fully saturated rings. The van der Waals surface area contributed by atoms with Crippen LogP contribution in [0.2, 0.25) is 0 Å². The van der Waals surface area contributed by atoms with Gasteiger partial charge in [0.25, 0.3) is 5.91 Å². The molecule has 8 nitrogen and oxygen atoms in total. The molecular formula is C24H28N4O4. The third-order valence-corrected chi connectivity index (χ3v) is 4.59. The third-order valence-electron chi connectivity index (χ3n) is 4.59. The van der Waals surface area contributed by atoms with Crippen molar-refractivity contribution in [1.82, 2.24) is 9.55 Å². The number of benzene rings is 2. The molecule has 168 valence electrons. The Morgan fingerprint density at radius 1 is 1.00 bits per heavy atom. The van der Waals surface area contributed by atoms with Gasteiger partial charge in [-0.2, -0.15) is 0 Å². The molecule has 2 amide bonds. The summed E-state index contributed by atoms with van der Waals surface area (Å²) in [5, 5.41) is 5.72. The molecule has 3 rings (SSSR count). The van der Waals surface area contributed by atoms with Crippen LogP contribution in [0.25, 0.3) is 0 Å². The van der Waals surface area contributed by atoms with Crippen molar-refractivity contribution in [2.24, 2.45) is 0 Å². The number of ether oxygens (including phenoxy) is 2. The van der Waals surface area contributed by atoms with Crippen molar-refractivity contribution < 1.29 is 19.1 Å². The van der Waals surface area contributed by atoms with Gasteiger partial charge in [0.1, 0.15) is 0 Å². The lowest BCUT2D eigenvalue weighted by atomic mass is 10.1. The van der Waals surface area contributed by atoms with Gasteiger partial charge in [-0.15, -0.1) is 0 Å². The molecule has 1 heterocycles. The second-order valence-corrected chi connectivity index (χ2v) is 7.08. The molecule has 0 bridgehead atoms. The van der Waals surface area contributed by atoms with Gasteiger partial charge in [-0.3, -0.25) is 9.59 Å². The molecule has 0 saturated heterocycles. The van der Waals surface area contributed by atoms with Crippen molar-refractivity contribution in [2.75, 3.05) is 30.5 Å². The lowest BCUT2D eigenvalue weighted by Crippen LogP contribution is -2.16. The Labute approximate surface area is 187 Å². The molecule has 0 atom stereocenters. The lowest BCUT2D eigenvalue weighted by Gasteiger charge is -2.10. The number of hydrogen-bond acceptors (Lipinski definition) is 5. The van der Waals surface area contributed by atoms with E-state index >= 15 is 0 Å². The van der Waals surface area contributed by atoms with E-state index in [-0.39, 0.29) is 11.8 Å². The third kappa shape index (κ3) is 7.64. The Morgan fingerprint density at radius 2 is 1.78 bits per heavy atom. The summed E-state index contributed by atoms with van der Waals surface area (Å²) < 4.78 is 12.7. The summed E-state index contributed by atoms with van der Waals surface area (Å²) in [6.45, 7) is 4.67. The zero-order chi connectivity index (χ0) is 22.6. The van der Waals surface area contributed by atoms with Gasteiger partial charge >= 0.3 is 0 Å². The van der Waals surface area contributed by atoms with Crippen LogP contribution >= 0.6 is 0 Å². The number of carbonyl (C=O) groups is 2. The molecule has 0 unspecified atom stereocenters. The minimum absolute atomic E-state index is 0.131. The Morgan fingerprint density at radius 3 is 2.56 bits per heavy atom. The number of hydrogen-bond donors (Lipinski definition) is 2. The normalized spacial score (nSPS) is 10.7. The number of carbonyl (C=O) groups excluding carboxylic acids is 2. The highest BCUT2D eigenvalue weighted by Gasteiger charge is 2.09. The molecule has 2 aromatic carbocycles. The first-order chi connectivity index (χ1) is 15.6. The van der Waals surface area contributed by atoms with Gasteiger partial charge in [0.05, 0.1) is 26.1 Å². The SMILES string of the molecule is CCOCCOCc1cccc(NC(=O)c2cccc(NC(=O)CCn3ccnc3)c2)c1. The molecule has 0 aliphatic carbocycles. The van der Waals surface area contributed by atoms with E-state index in [2.05, 4.69) is 15.6 Å². The van der Waals surface area contributed by atoms with Crippen LogP contribution in [0, 0.1) is 0 Å². The van der Waals surface area contributed by atoms with Crippen LogP contribution in [0.1, 0.15) is 29.3 Å². The smallest absolute Gasteiger partial charge is 0.255 e. The first-order valence-electron chi connectivity index (χ1n) is 10.6. The molecule has 8 heteroatoms. The van der Waals surface area contributed by atoms with E-state index in [0.29, 0.717) is 56.3 Å². The van der Waals surface area contributed by atoms with Gasteiger partial charge in [0.2, 0.25) is 5.91 Å². The Balaban J connectivity index is 1.51. The van der Waals surface area contributed by atoms with Gasteiger partial charge in [-0.25, -0.2) is 4.98 Å². The van der Waals surface area contributed by atoms with Gasteiger partial charge in [-0.05, 0) is 42.8 Å². The standard InChI is InChI=1S/C24H28N4O4/c1-2-31-13-14-32-17-19-5-3-7-21(15-19)27-24(30)20-6-4-8-22(16-20)26-23(29)9-11-28-12-10-25-18-28/h3-8,10,12,15-16,18H,2,9,11,13-14,17H2,1H3,(H,26,29)(H,27,30). The van der Waals surface area contributed by atoms with Gasteiger partial charge < -0.3 is 24.7 Å². The van der Waals surface area contributed by atoms with Crippen LogP contribution in [0.5, 0.6) is 0 Å². The molecule has 0 spiro atoms. The molecule has 2 N–H and O–H groups in total. The molecule has 0 aliphatic heterocycles. The highest BCUT2D eigenvalue weighted by molar-refractivity contribution is 6.05. The van der Waals surface area contributed by atoms with Crippen molar-refractivity contribution in [1.29, 1.82) is 0 Å². The highest BCUT2D eigenvalue weighted by atomic mass is 16.5. The average Bonchev–Trinajstić information content (AvgIpc) is 3.32. The van der Waals surface area contributed by atoms with E-state index in [1.54, 1.807) is 43.0 Å². The van der Waals surface area contributed by atoms with Crippen molar-refractivity contribution in [3.05, 3.63) is 78.4 Å². The average molecular weight is 437 g/mol. The molecule has 1 aromatic heterocycles. The summed E-state index contributed by atoms with van der Waals surface area (Å²) >= 11 is 0. The predicted molar refractivity (Wildman–Crippen MR) is 122 cm³/mol. The van der Waals surface area contributed by atoms with Crippen LogP contribution in [0.4, 0.5) is 11.4 Å². The number of nitrogens with one attached hydrogen (secondary N) is 2. The van der Waals surface area contributed by atoms with Gasteiger partial charge in [0.15, 0.2) is 0 Å². The Kier molecular flexibility index (Phi) is 8.97. The van der Waals surface area contributed by atoms with E-state index in [4.69, 9.17) is 9.47 Å². The maximum atomic E-state index is 12.7. The van der Waals surface area contributed by atoms with Crippen molar-refractivity contribution in [3.8, 4) is 0 Å². The zero-order valence-corrected chi connectivity index (χ0v) is 18.1. The van der Waals surface area contributed by atoms with Crippen LogP contribution in [0.3, 0.4) is 0 Å².